The van der Waals surface area contributed by atoms with Crippen LogP contribution in [0.5, 0.6) is 0 Å². The summed E-state index contributed by atoms with van der Waals surface area (Å²) in [6.45, 7) is 0. The highest BCUT2D eigenvalue weighted by molar-refractivity contribution is 6.24. The molecule has 0 N–H and O–H groups in total. The van der Waals surface area contributed by atoms with Crippen LogP contribution in [-0.2, 0) is 7.05 Å². The summed E-state index contributed by atoms with van der Waals surface area (Å²) in [5.74, 6) is 0. The van der Waals surface area contributed by atoms with Crippen LogP contribution in [0.2, 0.25) is 0 Å². The molecule has 0 bridgehead atoms. The standard InChI is InChI=1S/C31H20N2/c1-32-27-11-5-2-8-21(27)24-16-19(14-15-28(24)32)20-17-25-22-9-3-6-12-29(22)33-30-13-7-4-10-23(30)26(18-20)31(25)33/h2-18H,1H3. The van der Waals surface area contributed by atoms with E-state index in [-0.39, 0.29) is 0 Å². The maximum atomic E-state index is 2.44. The maximum absolute atomic E-state index is 2.44. The highest BCUT2D eigenvalue weighted by atomic mass is 14.9. The van der Waals surface area contributed by atoms with Crippen molar-refractivity contribution in [3.05, 3.63) is 103 Å². The fraction of sp³-hybridized carbons (Fsp3) is 0.0323. The number of hydrogen-bond acceptors (Lipinski definition) is 0. The lowest BCUT2D eigenvalue weighted by atomic mass is 9.98. The van der Waals surface area contributed by atoms with Crippen LogP contribution in [0.15, 0.2) is 103 Å². The molecule has 0 fully saturated rings. The Morgan fingerprint density at radius 1 is 0.424 bits per heavy atom. The van der Waals surface area contributed by atoms with E-state index in [1.54, 1.807) is 0 Å². The molecule has 0 aliphatic heterocycles. The Labute approximate surface area is 190 Å². The lowest BCUT2D eigenvalue weighted by Gasteiger charge is -2.06. The molecule has 154 valence electrons. The third kappa shape index (κ3) is 2.08. The van der Waals surface area contributed by atoms with Crippen LogP contribution in [-0.4, -0.2) is 8.97 Å². The molecule has 3 heterocycles. The fourth-order valence-corrected chi connectivity index (χ4v) is 5.96. The van der Waals surface area contributed by atoms with Crippen molar-refractivity contribution in [2.45, 2.75) is 0 Å². The Balaban J connectivity index is 1.52. The zero-order chi connectivity index (χ0) is 21.7. The SMILES string of the molecule is Cn1c2ccccc2c2cc(-c3cc4c5ccccc5n5c6ccccc6c(c3)c45)ccc21. The molecule has 2 nitrogen and oxygen atoms in total. The van der Waals surface area contributed by atoms with Crippen molar-refractivity contribution in [3.63, 3.8) is 0 Å². The normalized spacial score (nSPS) is 12.4. The number of nitrogens with zero attached hydrogens (tertiary/aromatic N) is 2. The van der Waals surface area contributed by atoms with Crippen LogP contribution in [0.25, 0.3) is 71.0 Å². The molecule has 0 spiro atoms. The van der Waals surface area contributed by atoms with Crippen molar-refractivity contribution in [1.82, 2.24) is 8.97 Å². The zero-order valence-electron chi connectivity index (χ0n) is 18.2. The average Bonchev–Trinajstić information content (AvgIpc) is 3.49. The molecule has 0 aliphatic rings. The van der Waals surface area contributed by atoms with Gasteiger partial charge in [0.25, 0.3) is 0 Å². The average molecular weight is 421 g/mol. The minimum absolute atomic E-state index is 1.26. The van der Waals surface area contributed by atoms with E-state index in [0.717, 1.165) is 0 Å². The summed E-state index contributed by atoms with van der Waals surface area (Å²) in [7, 11) is 2.16. The van der Waals surface area contributed by atoms with E-state index < -0.39 is 0 Å². The van der Waals surface area contributed by atoms with Crippen molar-refractivity contribution in [3.8, 4) is 11.1 Å². The first-order valence-corrected chi connectivity index (χ1v) is 11.4. The largest absolute Gasteiger partial charge is 0.344 e. The van der Waals surface area contributed by atoms with Gasteiger partial charge in [-0.2, -0.15) is 0 Å². The lowest BCUT2D eigenvalue weighted by Crippen LogP contribution is -1.86. The van der Waals surface area contributed by atoms with Gasteiger partial charge in [-0.15, -0.1) is 0 Å². The molecule has 0 saturated carbocycles. The quantitative estimate of drug-likeness (QED) is 0.253. The van der Waals surface area contributed by atoms with Crippen LogP contribution in [0.4, 0.5) is 0 Å². The summed E-state index contributed by atoms with van der Waals surface area (Å²) in [5, 5.41) is 7.90. The number of para-hydroxylation sites is 3. The molecular weight excluding hydrogens is 400 g/mol. The van der Waals surface area contributed by atoms with Gasteiger partial charge in [0.1, 0.15) is 0 Å². The minimum atomic E-state index is 1.26. The topological polar surface area (TPSA) is 9.34 Å². The summed E-state index contributed by atoms with van der Waals surface area (Å²) in [6, 6.07) is 37.9. The number of hydrogen-bond donors (Lipinski definition) is 0. The van der Waals surface area contributed by atoms with Crippen LogP contribution >= 0.6 is 0 Å². The highest BCUT2D eigenvalue weighted by Gasteiger charge is 2.18. The van der Waals surface area contributed by atoms with E-state index in [1.807, 2.05) is 0 Å². The summed E-state index contributed by atoms with van der Waals surface area (Å²) in [6.07, 6.45) is 0. The Morgan fingerprint density at radius 2 is 0.909 bits per heavy atom. The van der Waals surface area contributed by atoms with Crippen molar-refractivity contribution in [1.29, 1.82) is 0 Å². The smallest absolute Gasteiger partial charge is 0.0620 e. The molecule has 5 aromatic carbocycles. The van der Waals surface area contributed by atoms with Gasteiger partial charge >= 0.3 is 0 Å². The Bertz CT molecular complexity index is 1950. The molecule has 3 aromatic heterocycles. The molecule has 0 unspecified atom stereocenters. The van der Waals surface area contributed by atoms with E-state index in [4.69, 9.17) is 0 Å². The van der Waals surface area contributed by atoms with E-state index in [9.17, 15) is 0 Å². The van der Waals surface area contributed by atoms with Gasteiger partial charge in [-0.25, -0.2) is 0 Å². The summed E-state index contributed by atoms with van der Waals surface area (Å²) in [5.41, 5.74) is 8.96. The maximum Gasteiger partial charge on any atom is 0.0620 e. The number of fused-ring (bicyclic) bond motifs is 9. The number of aromatic nitrogens is 2. The number of rotatable bonds is 1. The van der Waals surface area contributed by atoms with Gasteiger partial charge in [-0.3, -0.25) is 0 Å². The Hall–Kier alpha value is -4.30. The summed E-state index contributed by atoms with van der Waals surface area (Å²) < 4.78 is 4.73. The second-order valence-electron chi connectivity index (χ2n) is 9.10. The van der Waals surface area contributed by atoms with Crippen molar-refractivity contribution < 1.29 is 0 Å². The first-order valence-electron chi connectivity index (χ1n) is 11.4. The van der Waals surface area contributed by atoms with Crippen molar-refractivity contribution in [2.24, 2.45) is 7.05 Å². The van der Waals surface area contributed by atoms with E-state index in [2.05, 4.69) is 119 Å². The van der Waals surface area contributed by atoms with Crippen LogP contribution in [0.1, 0.15) is 0 Å². The van der Waals surface area contributed by atoms with E-state index in [1.165, 1.54) is 71.0 Å². The number of benzene rings is 5. The molecule has 33 heavy (non-hydrogen) atoms. The van der Waals surface area contributed by atoms with E-state index >= 15 is 0 Å². The number of aryl methyl sites for hydroxylation is 1. The highest BCUT2D eigenvalue weighted by Crippen LogP contribution is 2.42. The van der Waals surface area contributed by atoms with Crippen molar-refractivity contribution >= 4 is 59.9 Å². The molecule has 0 aliphatic carbocycles. The zero-order valence-corrected chi connectivity index (χ0v) is 18.2. The molecule has 0 amide bonds. The molecule has 2 heteroatoms. The first kappa shape index (κ1) is 17.3. The van der Waals surface area contributed by atoms with E-state index in [0.29, 0.717) is 0 Å². The van der Waals surface area contributed by atoms with Gasteiger partial charge in [-0.1, -0.05) is 60.7 Å². The summed E-state index contributed by atoms with van der Waals surface area (Å²) in [4.78, 5) is 0. The monoisotopic (exact) mass is 420 g/mol. The predicted octanol–water partition coefficient (Wildman–Crippen LogP) is 8.15. The molecule has 8 rings (SSSR count). The van der Waals surface area contributed by atoms with Gasteiger partial charge in [0.15, 0.2) is 0 Å². The lowest BCUT2D eigenvalue weighted by molar-refractivity contribution is 1.01. The molecule has 0 saturated heterocycles. The van der Waals surface area contributed by atoms with Gasteiger partial charge in [0.05, 0.1) is 16.6 Å². The second kappa shape index (κ2) is 5.93. The van der Waals surface area contributed by atoms with Crippen LogP contribution in [0, 0.1) is 0 Å². The molecular formula is C31H20N2. The minimum Gasteiger partial charge on any atom is -0.344 e. The predicted molar refractivity (Wildman–Crippen MR) is 141 cm³/mol. The Morgan fingerprint density at radius 3 is 1.55 bits per heavy atom. The summed E-state index contributed by atoms with van der Waals surface area (Å²) >= 11 is 0. The van der Waals surface area contributed by atoms with Gasteiger partial charge < -0.3 is 8.97 Å². The molecule has 0 atom stereocenters. The fourth-order valence-electron chi connectivity index (χ4n) is 5.96. The second-order valence-corrected chi connectivity index (χ2v) is 9.10. The third-order valence-corrected chi connectivity index (χ3v) is 7.45. The van der Waals surface area contributed by atoms with Gasteiger partial charge in [0.2, 0.25) is 0 Å². The molecule has 0 radical (unpaired) electrons. The van der Waals surface area contributed by atoms with Gasteiger partial charge in [0, 0.05) is 50.4 Å². The van der Waals surface area contributed by atoms with Crippen LogP contribution in [0.3, 0.4) is 0 Å². The third-order valence-electron chi connectivity index (χ3n) is 7.45. The first-order chi connectivity index (χ1) is 16.3. The molecule has 8 aromatic rings. The van der Waals surface area contributed by atoms with Gasteiger partial charge in [-0.05, 0) is 53.6 Å². The van der Waals surface area contributed by atoms with Crippen molar-refractivity contribution in [2.75, 3.05) is 0 Å². The Kier molecular flexibility index (Phi) is 3.11. The van der Waals surface area contributed by atoms with Crippen LogP contribution < -0.4 is 0 Å².